The highest BCUT2D eigenvalue weighted by Gasteiger charge is 2.17. The molecule has 0 unspecified atom stereocenters. The van der Waals surface area contributed by atoms with Gasteiger partial charge >= 0.3 is 0 Å². The number of fused-ring (bicyclic) bond motifs is 1. The van der Waals surface area contributed by atoms with Crippen LogP contribution in [0.15, 0.2) is 78.1 Å². The first-order valence-electron chi connectivity index (χ1n) is 10.2. The first-order valence-corrected chi connectivity index (χ1v) is 12.1. The van der Waals surface area contributed by atoms with Gasteiger partial charge in [0.2, 0.25) is 0 Å². The Labute approximate surface area is 198 Å². The van der Waals surface area contributed by atoms with Crippen LogP contribution in [0.3, 0.4) is 0 Å². The molecule has 2 aromatic carbocycles. The number of imidazole rings is 1. The summed E-state index contributed by atoms with van der Waals surface area (Å²) in [4.78, 5) is 15.8. The van der Waals surface area contributed by atoms with E-state index in [2.05, 4.69) is 19.9 Å². The molecule has 5 rings (SSSR count). The van der Waals surface area contributed by atoms with Crippen LogP contribution < -0.4 is 9.47 Å². The third-order valence-corrected chi connectivity index (χ3v) is 5.89. The Bertz CT molecular complexity index is 1640. The molecule has 8 nitrogen and oxygen atoms in total. The van der Waals surface area contributed by atoms with Crippen LogP contribution in [0.25, 0.3) is 22.6 Å². The number of hydrogen-bond donors (Lipinski definition) is 1. The van der Waals surface area contributed by atoms with Gasteiger partial charge in [0, 0.05) is 30.7 Å². The van der Waals surface area contributed by atoms with Gasteiger partial charge in [-0.15, -0.1) is 0 Å². The molecular weight excluding hydrogens is 478 g/mol. The van der Waals surface area contributed by atoms with E-state index in [1.54, 1.807) is 24.4 Å². The Morgan fingerprint density at radius 2 is 1.71 bits per heavy atom. The lowest BCUT2D eigenvalue weighted by Crippen LogP contribution is -2.00. The molecule has 0 fully saturated rings. The molecule has 0 spiro atoms. The van der Waals surface area contributed by atoms with E-state index in [0.29, 0.717) is 22.6 Å². The number of hydrogen-bond acceptors (Lipinski definition) is 7. The minimum atomic E-state index is -3.49. The zero-order valence-electron chi connectivity index (χ0n) is 18.1. The number of ether oxygens (including phenoxy) is 2. The monoisotopic (exact) mass is 494 g/mol. The van der Waals surface area contributed by atoms with Crippen molar-refractivity contribution in [3.8, 4) is 34.5 Å². The highest BCUT2D eigenvalue weighted by Crippen LogP contribution is 2.39. The Kier molecular flexibility index (Phi) is 5.61. The normalized spacial score (nSPS) is 11.5. The van der Waals surface area contributed by atoms with E-state index in [0.717, 1.165) is 24.5 Å². The van der Waals surface area contributed by atoms with Crippen LogP contribution in [0.1, 0.15) is 0 Å². The number of nitrogens with one attached hydrogen (secondary N) is 1. The number of rotatable bonds is 6. The van der Waals surface area contributed by atoms with Crippen molar-refractivity contribution in [2.75, 3.05) is 6.26 Å². The molecular formula is C24H16F2N4O4S. The van der Waals surface area contributed by atoms with Crippen LogP contribution in [-0.4, -0.2) is 34.6 Å². The summed E-state index contributed by atoms with van der Waals surface area (Å²) in [5, 5.41) is -0.118. The van der Waals surface area contributed by atoms with Crippen molar-refractivity contribution in [2.24, 2.45) is 0 Å². The Morgan fingerprint density at radius 3 is 2.43 bits per heavy atom. The van der Waals surface area contributed by atoms with E-state index in [4.69, 9.17) is 9.47 Å². The lowest BCUT2D eigenvalue weighted by molar-refractivity contribution is 0.399. The second-order valence-electron chi connectivity index (χ2n) is 7.50. The molecule has 0 bridgehead atoms. The molecule has 176 valence electrons. The second-order valence-corrected chi connectivity index (χ2v) is 9.46. The Morgan fingerprint density at radius 1 is 0.886 bits per heavy atom. The van der Waals surface area contributed by atoms with Crippen molar-refractivity contribution >= 4 is 20.9 Å². The maximum atomic E-state index is 14.3. The SMILES string of the molecule is CS(=O)(=O)c1ccc(Oc2cc3[nH]c(-c4ccccn4)nc3cc2Oc2cc(F)ccc2F)cn1. The molecule has 0 saturated heterocycles. The van der Waals surface area contributed by atoms with Gasteiger partial charge in [-0.3, -0.25) is 4.98 Å². The van der Waals surface area contributed by atoms with Crippen LogP contribution >= 0.6 is 0 Å². The quantitative estimate of drug-likeness (QED) is 0.342. The maximum Gasteiger partial charge on any atom is 0.192 e. The largest absolute Gasteiger partial charge is 0.452 e. The average molecular weight is 494 g/mol. The number of nitrogens with zero attached hydrogens (tertiary/aromatic N) is 3. The molecule has 0 saturated carbocycles. The highest BCUT2D eigenvalue weighted by molar-refractivity contribution is 7.90. The summed E-state index contributed by atoms with van der Waals surface area (Å²) in [6.07, 6.45) is 3.91. The lowest BCUT2D eigenvalue weighted by atomic mass is 10.2. The Hall–Kier alpha value is -4.38. The minimum Gasteiger partial charge on any atom is -0.452 e. The summed E-state index contributed by atoms with van der Waals surface area (Å²) < 4.78 is 62.9. The average Bonchev–Trinajstić information content (AvgIpc) is 3.25. The molecule has 0 radical (unpaired) electrons. The van der Waals surface area contributed by atoms with Crippen LogP contribution in [0.5, 0.6) is 23.0 Å². The van der Waals surface area contributed by atoms with E-state index in [1.165, 1.54) is 24.4 Å². The number of sulfone groups is 1. The number of aromatic nitrogens is 4. The van der Waals surface area contributed by atoms with E-state index < -0.39 is 21.5 Å². The van der Waals surface area contributed by atoms with E-state index in [1.807, 2.05) is 6.07 Å². The summed E-state index contributed by atoms with van der Waals surface area (Å²) in [7, 11) is -3.49. The zero-order chi connectivity index (χ0) is 24.6. The number of halogens is 2. The van der Waals surface area contributed by atoms with Crippen molar-refractivity contribution in [2.45, 2.75) is 5.03 Å². The molecule has 3 aromatic heterocycles. The first kappa shape index (κ1) is 22.4. The van der Waals surface area contributed by atoms with Crippen LogP contribution in [0.4, 0.5) is 8.78 Å². The van der Waals surface area contributed by atoms with Gasteiger partial charge in [0.15, 0.2) is 43.8 Å². The topological polar surface area (TPSA) is 107 Å². The van der Waals surface area contributed by atoms with E-state index in [-0.39, 0.29) is 28.0 Å². The number of aromatic amines is 1. The Balaban J connectivity index is 1.58. The van der Waals surface area contributed by atoms with Gasteiger partial charge in [-0.2, -0.15) is 0 Å². The third kappa shape index (κ3) is 4.80. The van der Waals surface area contributed by atoms with Crippen molar-refractivity contribution in [3.05, 3.63) is 84.7 Å². The summed E-state index contributed by atoms with van der Waals surface area (Å²) in [5.41, 5.74) is 1.63. The fourth-order valence-corrected chi connectivity index (χ4v) is 3.81. The summed E-state index contributed by atoms with van der Waals surface area (Å²) >= 11 is 0. The molecule has 0 aliphatic rings. The van der Waals surface area contributed by atoms with Gasteiger partial charge in [0.1, 0.15) is 17.3 Å². The third-order valence-electron chi connectivity index (χ3n) is 4.88. The van der Waals surface area contributed by atoms with Crippen LogP contribution in [-0.2, 0) is 9.84 Å². The molecule has 5 aromatic rings. The van der Waals surface area contributed by atoms with Crippen LogP contribution in [0.2, 0.25) is 0 Å². The first-order chi connectivity index (χ1) is 16.8. The summed E-state index contributed by atoms with van der Waals surface area (Å²) in [6, 6.07) is 14.0. The summed E-state index contributed by atoms with van der Waals surface area (Å²) in [5.74, 6) is -0.930. The van der Waals surface area contributed by atoms with E-state index in [9.17, 15) is 17.2 Å². The standard InChI is InChI=1S/C24H16F2N4O4S/c1-35(31,32)23-8-6-15(13-28-23)33-21-11-18-19(30-24(29-18)17-4-2-3-9-27-17)12-22(21)34-20-10-14(25)5-7-16(20)26/h2-13H,1H3,(H,29,30). The molecule has 35 heavy (non-hydrogen) atoms. The molecule has 0 aliphatic carbocycles. The second kappa shape index (κ2) is 8.76. The zero-order valence-corrected chi connectivity index (χ0v) is 18.9. The highest BCUT2D eigenvalue weighted by atomic mass is 32.2. The van der Waals surface area contributed by atoms with Gasteiger partial charge < -0.3 is 14.5 Å². The fourth-order valence-electron chi connectivity index (χ4n) is 3.25. The number of benzene rings is 2. The van der Waals surface area contributed by atoms with Gasteiger partial charge in [-0.05, 0) is 36.4 Å². The fraction of sp³-hybridized carbons (Fsp3) is 0.0417. The molecule has 0 amide bonds. The number of pyridine rings is 2. The van der Waals surface area contributed by atoms with Crippen molar-refractivity contribution < 1.29 is 26.7 Å². The van der Waals surface area contributed by atoms with E-state index >= 15 is 0 Å². The van der Waals surface area contributed by atoms with Crippen molar-refractivity contribution in [3.63, 3.8) is 0 Å². The molecule has 11 heteroatoms. The van der Waals surface area contributed by atoms with Gasteiger partial charge in [-0.1, -0.05) is 6.07 Å². The van der Waals surface area contributed by atoms with Gasteiger partial charge in [0.05, 0.1) is 17.2 Å². The van der Waals surface area contributed by atoms with Crippen LogP contribution in [0, 0.1) is 11.6 Å². The van der Waals surface area contributed by atoms with Crippen molar-refractivity contribution in [1.82, 2.24) is 19.9 Å². The van der Waals surface area contributed by atoms with Gasteiger partial charge in [-0.25, -0.2) is 27.2 Å². The predicted molar refractivity (Wildman–Crippen MR) is 123 cm³/mol. The summed E-state index contributed by atoms with van der Waals surface area (Å²) in [6.45, 7) is 0. The minimum absolute atomic E-state index is 0.0493. The molecule has 3 heterocycles. The maximum absolute atomic E-state index is 14.3. The lowest BCUT2D eigenvalue weighted by Gasteiger charge is -2.13. The molecule has 1 N–H and O–H groups in total. The smallest absolute Gasteiger partial charge is 0.192 e. The molecule has 0 aliphatic heterocycles. The molecule has 0 atom stereocenters. The van der Waals surface area contributed by atoms with Crippen molar-refractivity contribution in [1.29, 1.82) is 0 Å². The van der Waals surface area contributed by atoms with Gasteiger partial charge in [0.25, 0.3) is 0 Å². The number of H-pyrrole nitrogens is 1. The predicted octanol–water partition coefficient (Wildman–Crippen LogP) is 5.29.